The number of pyridine rings is 1. The van der Waals surface area contributed by atoms with Gasteiger partial charge >= 0.3 is 0 Å². The Morgan fingerprint density at radius 1 is 1.29 bits per heavy atom. The molecule has 0 aliphatic rings. The first-order valence-corrected chi connectivity index (χ1v) is 4.39. The van der Waals surface area contributed by atoms with Crippen LogP contribution in [0.3, 0.4) is 0 Å². The molecule has 0 amide bonds. The summed E-state index contributed by atoms with van der Waals surface area (Å²) >= 11 is 0. The van der Waals surface area contributed by atoms with E-state index in [2.05, 4.69) is 15.3 Å². The third-order valence-electron chi connectivity index (χ3n) is 1.94. The molecule has 0 radical (unpaired) electrons. The number of anilines is 1. The Morgan fingerprint density at radius 2 is 2.07 bits per heavy atom. The molecule has 2 N–H and O–H groups in total. The lowest BCUT2D eigenvalue weighted by molar-refractivity contribution is 0.589. The summed E-state index contributed by atoms with van der Waals surface area (Å²) in [5, 5.41) is 7.56. The molecule has 0 aliphatic carbocycles. The van der Waals surface area contributed by atoms with Gasteiger partial charge in [0.15, 0.2) is 5.82 Å². The molecule has 5 nitrogen and oxygen atoms in total. The molecule has 0 saturated carbocycles. The largest absolute Gasteiger partial charge is 0.381 e. The van der Waals surface area contributed by atoms with Crippen LogP contribution in [-0.4, -0.2) is 20.0 Å². The van der Waals surface area contributed by atoms with E-state index in [-0.39, 0.29) is 0 Å². The van der Waals surface area contributed by atoms with Gasteiger partial charge in [0.2, 0.25) is 0 Å². The predicted octanol–water partition coefficient (Wildman–Crippen LogP) is 0.498. The fraction of sp³-hybridized carbons (Fsp3) is 0.222. The van der Waals surface area contributed by atoms with Crippen LogP contribution in [0, 0.1) is 0 Å². The van der Waals surface area contributed by atoms with E-state index in [1.807, 2.05) is 12.1 Å². The molecule has 0 aliphatic heterocycles. The Morgan fingerprint density at radius 3 is 2.71 bits per heavy atom. The van der Waals surface area contributed by atoms with Gasteiger partial charge in [-0.15, -0.1) is 5.10 Å². The molecule has 5 heteroatoms. The number of rotatable bonds is 3. The Kier molecular flexibility index (Phi) is 2.40. The maximum Gasteiger partial charge on any atom is 0.165 e. The molecule has 0 saturated heterocycles. The van der Waals surface area contributed by atoms with E-state index in [1.54, 1.807) is 23.3 Å². The van der Waals surface area contributed by atoms with Crippen molar-refractivity contribution in [1.29, 1.82) is 0 Å². The molecule has 0 aromatic carbocycles. The molecule has 2 aromatic rings. The van der Waals surface area contributed by atoms with Crippen molar-refractivity contribution in [3.63, 3.8) is 0 Å². The number of hydrogen-bond donors (Lipinski definition) is 1. The number of aryl methyl sites for hydroxylation is 2. The van der Waals surface area contributed by atoms with Gasteiger partial charge < -0.3 is 5.73 Å². The minimum Gasteiger partial charge on any atom is -0.381 e. The van der Waals surface area contributed by atoms with Crippen molar-refractivity contribution in [2.45, 2.75) is 13.0 Å². The van der Waals surface area contributed by atoms with E-state index in [0.717, 1.165) is 13.0 Å². The monoisotopic (exact) mass is 189 g/mol. The zero-order chi connectivity index (χ0) is 9.80. The molecule has 0 atom stereocenters. The highest BCUT2D eigenvalue weighted by molar-refractivity contribution is 5.19. The van der Waals surface area contributed by atoms with E-state index in [1.165, 1.54) is 5.56 Å². The second-order valence-electron chi connectivity index (χ2n) is 3.01. The van der Waals surface area contributed by atoms with Gasteiger partial charge in [-0.2, -0.15) is 0 Å². The third kappa shape index (κ3) is 2.07. The summed E-state index contributed by atoms with van der Waals surface area (Å²) in [7, 11) is 0. The summed E-state index contributed by atoms with van der Waals surface area (Å²) < 4.78 is 1.73. The Balaban J connectivity index is 1.95. The Bertz CT molecular complexity index is 395. The van der Waals surface area contributed by atoms with E-state index in [4.69, 9.17) is 5.73 Å². The lowest BCUT2D eigenvalue weighted by atomic mass is 10.2. The SMILES string of the molecule is Nc1cn(CCc2ccncc2)nn1. The molecule has 2 rings (SSSR count). The van der Waals surface area contributed by atoms with Crippen LogP contribution < -0.4 is 5.73 Å². The highest BCUT2D eigenvalue weighted by Crippen LogP contribution is 2.00. The average Bonchev–Trinajstić information content (AvgIpc) is 2.63. The van der Waals surface area contributed by atoms with E-state index < -0.39 is 0 Å². The summed E-state index contributed by atoms with van der Waals surface area (Å²) in [5.74, 6) is 0.458. The molecule has 0 spiro atoms. The third-order valence-corrected chi connectivity index (χ3v) is 1.94. The first-order chi connectivity index (χ1) is 6.84. The molecule has 0 bridgehead atoms. The Hall–Kier alpha value is -1.91. The van der Waals surface area contributed by atoms with Crippen LogP contribution in [0.25, 0.3) is 0 Å². The smallest absolute Gasteiger partial charge is 0.165 e. The van der Waals surface area contributed by atoms with Crippen LogP contribution in [0.2, 0.25) is 0 Å². The summed E-state index contributed by atoms with van der Waals surface area (Å²) in [4.78, 5) is 3.95. The summed E-state index contributed by atoms with van der Waals surface area (Å²) in [6, 6.07) is 3.97. The van der Waals surface area contributed by atoms with Gasteiger partial charge in [-0.05, 0) is 24.1 Å². The van der Waals surface area contributed by atoms with E-state index in [9.17, 15) is 0 Å². The van der Waals surface area contributed by atoms with Crippen molar-refractivity contribution < 1.29 is 0 Å². The summed E-state index contributed by atoms with van der Waals surface area (Å²) in [6.07, 6.45) is 6.20. The van der Waals surface area contributed by atoms with Crippen LogP contribution >= 0.6 is 0 Å². The molecular weight excluding hydrogens is 178 g/mol. The standard InChI is InChI=1S/C9H11N5/c10-9-7-14(13-12-9)6-3-8-1-4-11-5-2-8/h1-2,4-5,7H,3,6,10H2. The first kappa shape index (κ1) is 8.68. The van der Waals surface area contributed by atoms with Gasteiger partial charge in [0, 0.05) is 18.9 Å². The number of nitrogen functional groups attached to an aromatic ring is 1. The normalized spacial score (nSPS) is 10.3. The zero-order valence-corrected chi connectivity index (χ0v) is 7.67. The molecule has 0 fully saturated rings. The van der Waals surface area contributed by atoms with E-state index >= 15 is 0 Å². The predicted molar refractivity (Wildman–Crippen MR) is 52.4 cm³/mol. The van der Waals surface area contributed by atoms with E-state index in [0.29, 0.717) is 5.82 Å². The lowest BCUT2D eigenvalue weighted by Gasteiger charge is -1.99. The van der Waals surface area contributed by atoms with Crippen LogP contribution in [0.15, 0.2) is 30.7 Å². The van der Waals surface area contributed by atoms with Gasteiger partial charge in [0.1, 0.15) is 0 Å². The van der Waals surface area contributed by atoms with Gasteiger partial charge in [-0.1, -0.05) is 5.21 Å². The number of nitrogens with zero attached hydrogens (tertiary/aromatic N) is 4. The first-order valence-electron chi connectivity index (χ1n) is 4.39. The quantitative estimate of drug-likeness (QED) is 0.763. The van der Waals surface area contributed by atoms with Crippen LogP contribution in [0.4, 0.5) is 5.82 Å². The highest BCUT2D eigenvalue weighted by atomic mass is 15.4. The minimum absolute atomic E-state index is 0.458. The average molecular weight is 189 g/mol. The summed E-state index contributed by atoms with van der Waals surface area (Å²) in [6.45, 7) is 0.786. The van der Waals surface area contributed by atoms with Crippen molar-refractivity contribution in [3.05, 3.63) is 36.3 Å². The lowest BCUT2D eigenvalue weighted by Crippen LogP contribution is -2.02. The second-order valence-corrected chi connectivity index (χ2v) is 3.01. The van der Waals surface area contributed by atoms with Gasteiger partial charge in [0.05, 0.1) is 6.20 Å². The van der Waals surface area contributed by atoms with Gasteiger partial charge in [0.25, 0.3) is 0 Å². The summed E-state index contributed by atoms with van der Waals surface area (Å²) in [5.41, 5.74) is 6.67. The number of aromatic nitrogens is 4. The number of hydrogen-bond acceptors (Lipinski definition) is 4. The fourth-order valence-electron chi connectivity index (χ4n) is 1.22. The van der Waals surface area contributed by atoms with Gasteiger partial charge in [-0.25, -0.2) is 0 Å². The minimum atomic E-state index is 0.458. The van der Waals surface area contributed by atoms with Crippen LogP contribution in [-0.2, 0) is 13.0 Å². The maximum atomic E-state index is 5.44. The molecular formula is C9H11N5. The van der Waals surface area contributed by atoms with Crippen molar-refractivity contribution in [3.8, 4) is 0 Å². The van der Waals surface area contributed by atoms with Crippen LogP contribution in [0.1, 0.15) is 5.56 Å². The van der Waals surface area contributed by atoms with Crippen molar-refractivity contribution in [1.82, 2.24) is 20.0 Å². The van der Waals surface area contributed by atoms with Crippen molar-refractivity contribution in [2.75, 3.05) is 5.73 Å². The molecule has 72 valence electrons. The van der Waals surface area contributed by atoms with Crippen LogP contribution in [0.5, 0.6) is 0 Å². The highest BCUT2D eigenvalue weighted by Gasteiger charge is 1.96. The second kappa shape index (κ2) is 3.87. The molecule has 14 heavy (non-hydrogen) atoms. The van der Waals surface area contributed by atoms with Crippen molar-refractivity contribution >= 4 is 5.82 Å². The van der Waals surface area contributed by atoms with Gasteiger partial charge in [-0.3, -0.25) is 9.67 Å². The maximum absolute atomic E-state index is 5.44. The molecule has 2 aromatic heterocycles. The fourth-order valence-corrected chi connectivity index (χ4v) is 1.22. The molecule has 2 heterocycles. The topological polar surface area (TPSA) is 69.6 Å². The number of nitrogens with two attached hydrogens (primary N) is 1. The Labute approximate surface area is 81.6 Å². The zero-order valence-electron chi connectivity index (χ0n) is 7.67. The molecule has 0 unspecified atom stereocenters. The van der Waals surface area contributed by atoms with Crippen molar-refractivity contribution in [2.24, 2.45) is 0 Å².